The third-order valence-electron chi connectivity index (χ3n) is 3.32. The molecule has 6 heteroatoms. The molecule has 1 aromatic rings. The van der Waals surface area contributed by atoms with Crippen LogP contribution in [0.1, 0.15) is 24.3 Å². The van der Waals surface area contributed by atoms with Crippen molar-refractivity contribution in [3.8, 4) is 5.75 Å². The highest BCUT2D eigenvalue weighted by Crippen LogP contribution is 2.41. The van der Waals surface area contributed by atoms with Crippen molar-refractivity contribution < 1.29 is 10.2 Å². The molecule has 0 bridgehead atoms. The Kier molecular flexibility index (Phi) is 4.90. The van der Waals surface area contributed by atoms with Gasteiger partial charge in [0.1, 0.15) is 5.75 Å². The molecule has 0 aromatic heterocycles. The Balaban J connectivity index is 2.21. The SMILES string of the molecule is OCCCN1CC(c2c(O)ccc(Cl)c2Cl)CC1=S. The number of benzene rings is 1. The standard InChI is InChI=1S/C13H15Cl2NO2S/c14-9-2-3-10(18)12(13(9)15)8-6-11(19)16(7-8)4-1-5-17/h2-3,8,17-18H,1,4-7H2. The molecule has 0 saturated carbocycles. The first-order valence-corrected chi connectivity index (χ1v) is 7.26. The zero-order valence-electron chi connectivity index (χ0n) is 10.3. The van der Waals surface area contributed by atoms with E-state index in [2.05, 4.69) is 0 Å². The van der Waals surface area contributed by atoms with Crippen LogP contribution >= 0.6 is 35.4 Å². The van der Waals surface area contributed by atoms with Crippen molar-refractivity contribution in [3.63, 3.8) is 0 Å². The third-order valence-corrected chi connectivity index (χ3v) is 4.56. The van der Waals surface area contributed by atoms with Crippen LogP contribution in [-0.4, -0.2) is 39.8 Å². The summed E-state index contributed by atoms with van der Waals surface area (Å²) in [6.45, 7) is 1.57. The molecule has 19 heavy (non-hydrogen) atoms. The minimum Gasteiger partial charge on any atom is -0.508 e. The van der Waals surface area contributed by atoms with Gasteiger partial charge in [0.05, 0.1) is 15.0 Å². The Hall–Kier alpha value is -0.550. The number of aliphatic hydroxyl groups is 1. The molecule has 2 rings (SSSR count). The van der Waals surface area contributed by atoms with Crippen molar-refractivity contribution in [2.75, 3.05) is 19.7 Å². The van der Waals surface area contributed by atoms with E-state index in [1.807, 2.05) is 4.90 Å². The van der Waals surface area contributed by atoms with Gasteiger partial charge in [-0.15, -0.1) is 0 Å². The van der Waals surface area contributed by atoms with Crippen molar-refractivity contribution in [1.29, 1.82) is 0 Å². The second kappa shape index (κ2) is 6.27. The molecular weight excluding hydrogens is 305 g/mol. The van der Waals surface area contributed by atoms with Gasteiger partial charge in [0.25, 0.3) is 0 Å². The van der Waals surface area contributed by atoms with Crippen LogP contribution in [0.15, 0.2) is 12.1 Å². The van der Waals surface area contributed by atoms with E-state index in [1.165, 1.54) is 0 Å². The first-order valence-electron chi connectivity index (χ1n) is 6.10. The lowest BCUT2D eigenvalue weighted by atomic mass is 9.97. The van der Waals surface area contributed by atoms with Crippen LogP contribution < -0.4 is 0 Å². The zero-order chi connectivity index (χ0) is 14.0. The van der Waals surface area contributed by atoms with Crippen LogP contribution in [0.4, 0.5) is 0 Å². The lowest BCUT2D eigenvalue weighted by Crippen LogP contribution is -2.25. The summed E-state index contributed by atoms with van der Waals surface area (Å²) in [5.74, 6) is 0.212. The van der Waals surface area contributed by atoms with Crippen LogP contribution in [0.5, 0.6) is 5.75 Å². The number of halogens is 2. The number of hydrogen-bond donors (Lipinski definition) is 2. The number of thiocarbonyl (C=S) groups is 1. The predicted octanol–water partition coefficient (Wildman–Crippen LogP) is 3.20. The first-order chi connectivity index (χ1) is 9.04. The van der Waals surface area contributed by atoms with Crippen molar-refractivity contribution in [2.24, 2.45) is 0 Å². The smallest absolute Gasteiger partial charge is 0.120 e. The summed E-state index contributed by atoms with van der Waals surface area (Å²) in [6, 6.07) is 3.14. The fraction of sp³-hybridized carbons (Fsp3) is 0.462. The van der Waals surface area contributed by atoms with Crippen LogP contribution in [0.25, 0.3) is 0 Å². The highest BCUT2D eigenvalue weighted by molar-refractivity contribution is 7.80. The maximum absolute atomic E-state index is 9.98. The summed E-state index contributed by atoms with van der Waals surface area (Å²) in [5, 5.41) is 19.7. The van der Waals surface area contributed by atoms with E-state index in [4.69, 9.17) is 40.5 Å². The average Bonchev–Trinajstić information content (AvgIpc) is 2.73. The van der Waals surface area contributed by atoms with E-state index in [1.54, 1.807) is 12.1 Å². The fourth-order valence-corrected chi connectivity index (χ4v) is 3.23. The molecule has 1 aliphatic heterocycles. The normalized spacial score (nSPS) is 19.2. The first kappa shape index (κ1) is 14.9. The molecule has 0 aliphatic carbocycles. The van der Waals surface area contributed by atoms with Gasteiger partial charge in [0, 0.05) is 37.6 Å². The van der Waals surface area contributed by atoms with Crippen LogP contribution in [0, 0.1) is 0 Å². The second-order valence-corrected chi connectivity index (χ2v) is 5.87. The van der Waals surface area contributed by atoms with Gasteiger partial charge < -0.3 is 15.1 Å². The number of hydrogen-bond acceptors (Lipinski definition) is 3. The van der Waals surface area contributed by atoms with E-state index in [0.29, 0.717) is 35.0 Å². The molecule has 1 saturated heterocycles. The minimum atomic E-state index is 0.0531. The lowest BCUT2D eigenvalue weighted by molar-refractivity contribution is 0.269. The molecule has 0 amide bonds. The van der Waals surface area contributed by atoms with Gasteiger partial charge in [-0.3, -0.25) is 0 Å². The zero-order valence-corrected chi connectivity index (χ0v) is 12.6. The van der Waals surface area contributed by atoms with Gasteiger partial charge >= 0.3 is 0 Å². The molecule has 3 nitrogen and oxygen atoms in total. The third kappa shape index (κ3) is 3.14. The van der Waals surface area contributed by atoms with E-state index < -0.39 is 0 Å². The average molecular weight is 320 g/mol. The van der Waals surface area contributed by atoms with Crippen molar-refractivity contribution in [2.45, 2.75) is 18.8 Å². The summed E-state index contributed by atoms with van der Waals surface area (Å²) in [7, 11) is 0. The number of phenolic OH excluding ortho intramolecular Hbond substituents is 1. The molecule has 104 valence electrons. The summed E-state index contributed by atoms with van der Waals surface area (Å²) < 4.78 is 0. The molecule has 2 N–H and O–H groups in total. The van der Waals surface area contributed by atoms with Gasteiger partial charge in [0.15, 0.2) is 0 Å². The monoisotopic (exact) mass is 319 g/mol. The van der Waals surface area contributed by atoms with Crippen molar-refractivity contribution in [1.82, 2.24) is 4.90 Å². The maximum atomic E-state index is 9.98. The topological polar surface area (TPSA) is 43.7 Å². The number of aromatic hydroxyl groups is 1. The Bertz CT molecular complexity index is 496. The second-order valence-electron chi connectivity index (χ2n) is 4.61. The molecule has 0 radical (unpaired) electrons. The van der Waals surface area contributed by atoms with Gasteiger partial charge in [0.2, 0.25) is 0 Å². The Morgan fingerprint density at radius 2 is 2.11 bits per heavy atom. The highest BCUT2D eigenvalue weighted by atomic mass is 35.5. The molecule has 1 atom stereocenters. The number of nitrogens with zero attached hydrogens (tertiary/aromatic N) is 1. The summed E-state index contributed by atoms with van der Waals surface area (Å²) in [6.07, 6.45) is 1.36. The number of aliphatic hydroxyl groups excluding tert-OH is 1. The lowest BCUT2D eigenvalue weighted by Gasteiger charge is -2.18. The summed E-state index contributed by atoms with van der Waals surface area (Å²) >= 11 is 17.5. The van der Waals surface area contributed by atoms with Gasteiger partial charge in [-0.05, 0) is 18.6 Å². The van der Waals surface area contributed by atoms with Gasteiger partial charge in [-0.1, -0.05) is 35.4 Å². The quantitative estimate of drug-likeness (QED) is 0.836. The van der Waals surface area contributed by atoms with E-state index in [0.717, 1.165) is 11.5 Å². The van der Waals surface area contributed by atoms with E-state index in [9.17, 15) is 5.11 Å². The van der Waals surface area contributed by atoms with Crippen LogP contribution in [0.3, 0.4) is 0 Å². The Morgan fingerprint density at radius 1 is 1.37 bits per heavy atom. The predicted molar refractivity (Wildman–Crippen MR) is 81.4 cm³/mol. The Morgan fingerprint density at radius 3 is 2.79 bits per heavy atom. The van der Waals surface area contributed by atoms with Crippen LogP contribution in [0.2, 0.25) is 10.0 Å². The van der Waals surface area contributed by atoms with Gasteiger partial charge in [-0.2, -0.15) is 0 Å². The summed E-state index contributed by atoms with van der Waals surface area (Å²) in [5.41, 5.74) is 0.669. The largest absolute Gasteiger partial charge is 0.508 e. The molecular formula is C13H15Cl2NO2S. The fourth-order valence-electron chi connectivity index (χ4n) is 2.39. The maximum Gasteiger partial charge on any atom is 0.120 e. The Labute approximate surface area is 127 Å². The molecule has 1 unspecified atom stereocenters. The highest BCUT2D eigenvalue weighted by Gasteiger charge is 2.31. The van der Waals surface area contributed by atoms with Crippen molar-refractivity contribution in [3.05, 3.63) is 27.7 Å². The summed E-state index contributed by atoms with van der Waals surface area (Å²) in [4.78, 5) is 2.89. The molecule has 0 spiro atoms. The molecule has 1 heterocycles. The molecule has 1 aliphatic rings. The number of likely N-dealkylation sites (tertiary alicyclic amines) is 1. The number of phenols is 1. The van der Waals surface area contributed by atoms with Gasteiger partial charge in [-0.25, -0.2) is 0 Å². The minimum absolute atomic E-state index is 0.0531. The van der Waals surface area contributed by atoms with Crippen molar-refractivity contribution >= 4 is 40.4 Å². The number of rotatable bonds is 4. The molecule has 1 aromatic carbocycles. The molecule has 1 fully saturated rings. The van der Waals surface area contributed by atoms with E-state index >= 15 is 0 Å². The van der Waals surface area contributed by atoms with E-state index in [-0.39, 0.29) is 18.3 Å². The van der Waals surface area contributed by atoms with Crippen LogP contribution in [-0.2, 0) is 0 Å².